The van der Waals surface area contributed by atoms with Crippen LogP contribution in [-0.2, 0) is 9.53 Å². The maximum absolute atomic E-state index is 12.3. The van der Waals surface area contributed by atoms with Gasteiger partial charge in [-0.2, -0.15) is 0 Å². The number of rotatable bonds is 6. The van der Waals surface area contributed by atoms with Gasteiger partial charge in [0, 0.05) is 50.9 Å². The van der Waals surface area contributed by atoms with Crippen LogP contribution in [0.4, 0.5) is 11.8 Å². The van der Waals surface area contributed by atoms with Gasteiger partial charge in [0.25, 0.3) is 0 Å². The van der Waals surface area contributed by atoms with E-state index in [9.17, 15) is 4.79 Å². The van der Waals surface area contributed by atoms with Crippen LogP contribution in [0.1, 0.15) is 30.9 Å². The predicted octanol–water partition coefficient (Wildman–Crippen LogP) is 1.75. The van der Waals surface area contributed by atoms with Crippen LogP contribution in [0.2, 0.25) is 0 Å². The fourth-order valence-corrected chi connectivity index (χ4v) is 2.99. The summed E-state index contributed by atoms with van der Waals surface area (Å²) in [6, 6.07) is 1.76. The number of ether oxygens (including phenoxy) is 1. The summed E-state index contributed by atoms with van der Waals surface area (Å²) in [7, 11) is 1.61. The molecule has 1 N–H and O–H groups in total. The molecule has 0 saturated carbocycles. The summed E-state index contributed by atoms with van der Waals surface area (Å²) in [6.45, 7) is 1.87. The molecule has 1 aliphatic rings. The molecule has 8 heteroatoms. The Hall–Kier alpha value is -2.61. The Morgan fingerprint density at radius 1 is 1.24 bits per heavy atom. The van der Waals surface area contributed by atoms with Crippen molar-refractivity contribution in [3.8, 4) is 0 Å². The number of methoxy groups -OCH3 is 1. The highest BCUT2D eigenvalue weighted by Gasteiger charge is 2.27. The second-order valence-electron chi connectivity index (χ2n) is 5.91. The lowest BCUT2D eigenvalue weighted by Gasteiger charge is -2.33. The van der Waals surface area contributed by atoms with E-state index < -0.39 is 0 Å². The van der Waals surface area contributed by atoms with Crippen LogP contribution in [-0.4, -0.2) is 57.5 Å². The summed E-state index contributed by atoms with van der Waals surface area (Å²) in [5, 5.41) is 3.13. The summed E-state index contributed by atoms with van der Waals surface area (Å²) in [6.07, 6.45) is 8.98. The molecular weight excluding hydrogens is 320 g/mol. The zero-order chi connectivity index (χ0) is 17.5. The number of carbonyl (C=O) groups is 1. The number of piperidine rings is 1. The summed E-state index contributed by atoms with van der Waals surface area (Å²) < 4.78 is 5.01. The highest BCUT2D eigenvalue weighted by molar-refractivity contribution is 5.76. The number of likely N-dealkylation sites (tertiary alicyclic amines) is 1. The van der Waals surface area contributed by atoms with Crippen LogP contribution in [0.3, 0.4) is 0 Å². The molecule has 1 amide bonds. The van der Waals surface area contributed by atoms with Gasteiger partial charge >= 0.3 is 0 Å². The van der Waals surface area contributed by atoms with Crippen LogP contribution >= 0.6 is 0 Å². The third kappa shape index (κ3) is 4.48. The first-order valence-electron chi connectivity index (χ1n) is 8.39. The molecule has 1 fully saturated rings. The minimum absolute atomic E-state index is 0.122. The summed E-state index contributed by atoms with van der Waals surface area (Å²) >= 11 is 0. The molecule has 0 unspecified atom stereocenters. The molecule has 0 aliphatic carbocycles. The van der Waals surface area contributed by atoms with Gasteiger partial charge in [-0.15, -0.1) is 0 Å². The first kappa shape index (κ1) is 17.2. The number of carbonyl (C=O) groups excluding carboxylic acids is 1. The van der Waals surface area contributed by atoms with Crippen LogP contribution in [0, 0.1) is 0 Å². The van der Waals surface area contributed by atoms with E-state index in [4.69, 9.17) is 4.74 Å². The van der Waals surface area contributed by atoms with Crippen molar-refractivity contribution < 1.29 is 9.53 Å². The number of aromatic nitrogens is 4. The monoisotopic (exact) mass is 342 g/mol. The van der Waals surface area contributed by atoms with Crippen molar-refractivity contribution in [2.45, 2.75) is 25.2 Å². The van der Waals surface area contributed by atoms with Crippen molar-refractivity contribution in [2.24, 2.45) is 0 Å². The number of hydrogen-bond acceptors (Lipinski definition) is 7. The van der Waals surface area contributed by atoms with E-state index in [1.807, 2.05) is 4.90 Å². The zero-order valence-electron chi connectivity index (χ0n) is 14.3. The van der Waals surface area contributed by atoms with Crippen LogP contribution in [0.15, 0.2) is 30.9 Å². The third-order valence-corrected chi connectivity index (χ3v) is 4.20. The van der Waals surface area contributed by atoms with Crippen molar-refractivity contribution in [3.05, 3.63) is 36.5 Å². The fraction of sp³-hybridized carbons (Fsp3) is 0.471. The molecule has 132 valence electrons. The van der Waals surface area contributed by atoms with E-state index in [1.54, 1.807) is 38.0 Å². The molecule has 3 rings (SSSR count). The van der Waals surface area contributed by atoms with Crippen molar-refractivity contribution in [1.29, 1.82) is 0 Å². The van der Waals surface area contributed by atoms with Gasteiger partial charge in [0.1, 0.15) is 0 Å². The van der Waals surface area contributed by atoms with E-state index in [2.05, 4.69) is 25.3 Å². The molecule has 25 heavy (non-hydrogen) atoms. The lowest BCUT2D eigenvalue weighted by molar-refractivity contribution is -0.133. The number of anilines is 2. The SMILES string of the molecule is COCCC(=O)N1CCC[C@@H](c2nccnc2Nc2ncccn2)C1. The van der Waals surface area contributed by atoms with E-state index in [0.29, 0.717) is 31.3 Å². The van der Waals surface area contributed by atoms with Crippen LogP contribution in [0.5, 0.6) is 0 Å². The average molecular weight is 342 g/mol. The van der Waals surface area contributed by atoms with Gasteiger partial charge in [-0.05, 0) is 18.9 Å². The lowest BCUT2D eigenvalue weighted by Crippen LogP contribution is -2.39. The second kappa shape index (κ2) is 8.48. The molecule has 8 nitrogen and oxygen atoms in total. The first-order chi connectivity index (χ1) is 12.3. The Bertz CT molecular complexity index is 697. The maximum atomic E-state index is 12.3. The van der Waals surface area contributed by atoms with Crippen molar-refractivity contribution in [1.82, 2.24) is 24.8 Å². The Balaban J connectivity index is 1.74. The van der Waals surface area contributed by atoms with Crippen molar-refractivity contribution >= 4 is 17.7 Å². The predicted molar refractivity (Wildman–Crippen MR) is 92.4 cm³/mol. The Labute approximate surface area is 146 Å². The minimum atomic E-state index is 0.122. The summed E-state index contributed by atoms with van der Waals surface area (Å²) in [5.74, 6) is 1.38. The van der Waals surface area contributed by atoms with Crippen molar-refractivity contribution in [2.75, 3.05) is 32.1 Å². The van der Waals surface area contributed by atoms with Crippen LogP contribution < -0.4 is 5.32 Å². The van der Waals surface area contributed by atoms with E-state index in [0.717, 1.165) is 25.1 Å². The minimum Gasteiger partial charge on any atom is -0.384 e. The second-order valence-corrected chi connectivity index (χ2v) is 5.91. The van der Waals surface area contributed by atoms with Crippen LogP contribution in [0.25, 0.3) is 0 Å². The Morgan fingerprint density at radius 2 is 2.04 bits per heavy atom. The number of nitrogens with zero attached hydrogens (tertiary/aromatic N) is 5. The molecule has 1 saturated heterocycles. The van der Waals surface area contributed by atoms with Crippen molar-refractivity contribution in [3.63, 3.8) is 0 Å². The van der Waals surface area contributed by atoms with E-state index in [1.165, 1.54) is 0 Å². The average Bonchev–Trinajstić information content (AvgIpc) is 2.67. The van der Waals surface area contributed by atoms with Gasteiger partial charge in [-0.25, -0.2) is 15.0 Å². The third-order valence-electron chi connectivity index (χ3n) is 4.20. The summed E-state index contributed by atoms with van der Waals surface area (Å²) in [5.41, 5.74) is 0.846. The largest absolute Gasteiger partial charge is 0.384 e. The number of amides is 1. The topological polar surface area (TPSA) is 93.1 Å². The number of nitrogens with one attached hydrogen (secondary N) is 1. The van der Waals surface area contributed by atoms with Gasteiger partial charge in [-0.1, -0.05) is 0 Å². The van der Waals surface area contributed by atoms with Gasteiger partial charge in [0.2, 0.25) is 11.9 Å². The zero-order valence-corrected chi connectivity index (χ0v) is 14.3. The number of hydrogen-bond donors (Lipinski definition) is 1. The molecule has 3 heterocycles. The lowest BCUT2D eigenvalue weighted by atomic mass is 9.94. The summed E-state index contributed by atoms with van der Waals surface area (Å²) in [4.78, 5) is 31.4. The Kier molecular flexibility index (Phi) is 5.84. The highest BCUT2D eigenvalue weighted by Crippen LogP contribution is 2.30. The molecule has 0 spiro atoms. The molecule has 2 aromatic heterocycles. The smallest absolute Gasteiger partial charge is 0.228 e. The fourth-order valence-electron chi connectivity index (χ4n) is 2.99. The van der Waals surface area contributed by atoms with Gasteiger partial charge in [0.05, 0.1) is 18.7 Å². The van der Waals surface area contributed by atoms with Gasteiger partial charge < -0.3 is 15.0 Å². The first-order valence-corrected chi connectivity index (χ1v) is 8.39. The van der Waals surface area contributed by atoms with Gasteiger partial charge in [0.15, 0.2) is 5.82 Å². The standard InChI is InChI=1S/C17H22N6O2/c1-25-11-5-14(24)23-10-2-4-13(12-23)15-16(19-9-8-18-15)22-17-20-6-3-7-21-17/h3,6-9,13H,2,4-5,10-12H2,1H3,(H,19,20,21,22)/t13-/m1/s1. The normalized spacial score (nSPS) is 17.3. The highest BCUT2D eigenvalue weighted by atomic mass is 16.5. The molecule has 0 bridgehead atoms. The molecule has 1 atom stereocenters. The molecule has 2 aromatic rings. The van der Waals surface area contributed by atoms with E-state index >= 15 is 0 Å². The molecule has 0 aromatic carbocycles. The molecule has 0 radical (unpaired) electrons. The molecule has 1 aliphatic heterocycles. The Morgan fingerprint density at radius 3 is 2.84 bits per heavy atom. The quantitative estimate of drug-likeness (QED) is 0.855. The van der Waals surface area contributed by atoms with Gasteiger partial charge in [-0.3, -0.25) is 9.78 Å². The maximum Gasteiger partial charge on any atom is 0.228 e. The van der Waals surface area contributed by atoms with E-state index in [-0.39, 0.29) is 11.8 Å². The molecular formula is C17H22N6O2.